The van der Waals surface area contributed by atoms with E-state index in [1.807, 2.05) is 26.0 Å². The molecule has 0 spiro atoms. The number of rotatable bonds is 1. The van der Waals surface area contributed by atoms with Crippen LogP contribution in [0.2, 0.25) is 0 Å². The lowest BCUT2D eigenvalue weighted by molar-refractivity contribution is 0.373. The SMILES string of the molecule is C.C/C=C/C.CC(C)C.CCCC(C)(C)C. The van der Waals surface area contributed by atoms with Gasteiger partial charge >= 0.3 is 0 Å². The molecule has 0 aromatic carbocycles. The summed E-state index contributed by atoms with van der Waals surface area (Å²) < 4.78 is 0. The summed E-state index contributed by atoms with van der Waals surface area (Å²) >= 11 is 0. The topological polar surface area (TPSA) is 0 Å². The molecule has 0 saturated carbocycles. The Kier molecular flexibility index (Phi) is 26.6. The van der Waals surface area contributed by atoms with Crippen molar-refractivity contribution < 1.29 is 0 Å². The normalized spacial score (nSPS) is 9.88. The first-order valence-electron chi connectivity index (χ1n) is 6.28. The molecule has 0 radical (unpaired) electrons. The number of hydrogen-bond donors (Lipinski definition) is 0. The van der Waals surface area contributed by atoms with E-state index in [2.05, 4.69) is 48.5 Å². The van der Waals surface area contributed by atoms with E-state index in [4.69, 9.17) is 0 Å². The van der Waals surface area contributed by atoms with Crippen molar-refractivity contribution in [2.24, 2.45) is 11.3 Å². The average Bonchev–Trinajstić information content (AvgIpc) is 2.01. The van der Waals surface area contributed by atoms with Gasteiger partial charge in [0.15, 0.2) is 0 Å². The van der Waals surface area contributed by atoms with Crippen LogP contribution in [0, 0.1) is 11.3 Å². The minimum atomic E-state index is 0. The second-order valence-electron chi connectivity index (χ2n) is 5.71. The molecule has 0 fully saturated rings. The van der Waals surface area contributed by atoms with E-state index in [9.17, 15) is 0 Å². The molecule has 0 heterocycles. The first-order valence-corrected chi connectivity index (χ1v) is 6.28. The minimum absolute atomic E-state index is 0. The summed E-state index contributed by atoms with van der Waals surface area (Å²) in [6, 6.07) is 0. The van der Waals surface area contributed by atoms with E-state index in [0.717, 1.165) is 5.92 Å². The van der Waals surface area contributed by atoms with Crippen LogP contribution in [0.15, 0.2) is 12.2 Å². The zero-order valence-electron chi connectivity index (χ0n) is 12.6. The maximum Gasteiger partial charge on any atom is -0.0383 e. The van der Waals surface area contributed by atoms with E-state index in [-0.39, 0.29) is 7.43 Å². The summed E-state index contributed by atoms with van der Waals surface area (Å²) in [6.07, 6.45) is 6.65. The highest BCUT2D eigenvalue weighted by Gasteiger charge is 2.06. The Hall–Kier alpha value is -0.260. The van der Waals surface area contributed by atoms with Crippen LogP contribution in [-0.4, -0.2) is 0 Å². The first-order chi connectivity index (χ1) is 6.71. The van der Waals surface area contributed by atoms with Gasteiger partial charge < -0.3 is 0 Å². The molecule has 0 aromatic rings. The lowest BCUT2D eigenvalue weighted by Gasteiger charge is -2.15. The maximum atomic E-state index is 2.27. The van der Waals surface area contributed by atoms with Gasteiger partial charge in [-0.25, -0.2) is 0 Å². The fourth-order valence-electron chi connectivity index (χ4n) is 0.750. The lowest BCUT2D eigenvalue weighted by atomic mass is 9.91. The second kappa shape index (κ2) is 17.1. The predicted molar refractivity (Wildman–Crippen MR) is 82.1 cm³/mol. The van der Waals surface area contributed by atoms with Crippen molar-refractivity contribution in [2.45, 2.75) is 82.6 Å². The molecule has 0 heteroatoms. The fraction of sp³-hybridized carbons (Fsp3) is 0.875. The Morgan fingerprint density at radius 1 is 0.938 bits per heavy atom. The molecule has 0 amide bonds. The molecule has 0 N–H and O–H groups in total. The van der Waals surface area contributed by atoms with E-state index in [0.29, 0.717) is 5.41 Å². The van der Waals surface area contributed by atoms with Crippen LogP contribution in [0.5, 0.6) is 0 Å². The maximum absolute atomic E-state index is 2.27. The largest absolute Gasteiger partial charge is 0.0919 e. The van der Waals surface area contributed by atoms with E-state index < -0.39 is 0 Å². The highest BCUT2D eigenvalue weighted by Crippen LogP contribution is 2.19. The van der Waals surface area contributed by atoms with Crippen molar-refractivity contribution in [3.8, 4) is 0 Å². The molecule has 0 rings (SSSR count). The zero-order chi connectivity index (χ0) is 12.9. The van der Waals surface area contributed by atoms with Crippen molar-refractivity contribution in [2.75, 3.05) is 0 Å². The van der Waals surface area contributed by atoms with Gasteiger partial charge in [0.25, 0.3) is 0 Å². The van der Waals surface area contributed by atoms with Crippen LogP contribution in [-0.2, 0) is 0 Å². The third-order valence-electron chi connectivity index (χ3n) is 1.33. The van der Waals surface area contributed by atoms with Gasteiger partial charge in [0.2, 0.25) is 0 Å². The Morgan fingerprint density at radius 3 is 1.19 bits per heavy atom. The predicted octanol–water partition coefficient (Wildman–Crippen LogP) is 6.71. The van der Waals surface area contributed by atoms with Gasteiger partial charge in [-0.15, -0.1) is 0 Å². The van der Waals surface area contributed by atoms with Crippen molar-refractivity contribution in [3.63, 3.8) is 0 Å². The molecule has 102 valence electrons. The average molecular weight is 230 g/mol. The van der Waals surface area contributed by atoms with Gasteiger partial charge in [-0.2, -0.15) is 0 Å². The Bertz CT molecular complexity index is 106. The van der Waals surface area contributed by atoms with Crippen LogP contribution < -0.4 is 0 Å². The number of hydrogen-bond acceptors (Lipinski definition) is 0. The van der Waals surface area contributed by atoms with Gasteiger partial charge in [0, 0.05) is 0 Å². The van der Waals surface area contributed by atoms with Gasteiger partial charge in [-0.05, 0) is 31.6 Å². The summed E-state index contributed by atoms with van der Waals surface area (Å²) in [5.74, 6) is 0.833. The zero-order valence-corrected chi connectivity index (χ0v) is 12.6. The smallest absolute Gasteiger partial charge is 0.0383 e. The van der Waals surface area contributed by atoms with Crippen LogP contribution in [0.25, 0.3) is 0 Å². The van der Waals surface area contributed by atoms with Crippen LogP contribution >= 0.6 is 0 Å². The van der Waals surface area contributed by atoms with E-state index >= 15 is 0 Å². The molecule has 0 saturated heterocycles. The Balaban J connectivity index is -0.0000000700. The van der Waals surface area contributed by atoms with Crippen molar-refractivity contribution in [1.82, 2.24) is 0 Å². The molecule has 0 bridgehead atoms. The summed E-state index contributed by atoms with van der Waals surface area (Å²) in [5.41, 5.74) is 0.550. The Morgan fingerprint density at radius 2 is 1.19 bits per heavy atom. The van der Waals surface area contributed by atoms with E-state index in [1.54, 1.807) is 0 Å². The minimum Gasteiger partial charge on any atom is -0.0919 e. The van der Waals surface area contributed by atoms with Gasteiger partial charge in [0.1, 0.15) is 0 Å². The molecule has 0 aliphatic heterocycles. The fourth-order valence-corrected chi connectivity index (χ4v) is 0.750. The van der Waals surface area contributed by atoms with Gasteiger partial charge in [-0.1, -0.05) is 74.5 Å². The summed E-state index contributed by atoms with van der Waals surface area (Å²) in [5, 5.41) is 0. The molecule has 0 aromatic heterocycles. The van der Waals surface area contributed by atoms with Gasteiger partial charge in [0.05, 0.1) is 0 Å². The molecule has 16 heavy (non-hydrogen) atoms. The van der Waals surface area contributed by atoms with Crippen molar-refractivity contribution in [1.29, 1.82) is 0 Å². The molecule has 0 atom stereocenters. The highest BCUT2D eigenvalue weighted by atomic mass is 14.1. The molecular formula is C16H38. The quantitative estimate of drug-likeness (QED) is 0.439. The first kappa shape index (κ1) is 24.8. The lowest BCUT2D eigenvalue weighted by Crippen LogP contribution is -2.02. The van der Waals surface area contributed by atoms with Crippen LogP contribution in [0.3, 0.4) is 0 Å². The molecule has 0 nitrogen and oxygen atoms in total. The van der Waals surface area contributed by atoms with Crippen molar-refractivity contribution >= 4 is 0 Å². The second-order valence-corrected chi connectivity index (χ2v) is 5.71. The molecule has 0 unspecified atom stereocenters. The van der Waals surface area contributed by atoms with Crippen LogP contribution in [0.4, 0.5) is 0 Å². The molecular weight excluding hydrogens is 192 g/mol. The monoisotopic (exact) mass is 230 g/mol. The third kappa shape index (κ3) is 99.3. The molecule has 0 aliphatic carbocycles. The summed E-state index contributed by atoms with van der Waals surface area (Å²) in [7, 11) is 0. The van der Waals surface area contributed by atoms with Gasteiger partial charge in [-0.3, -0.25) is 0 Å². The molecule has 0 aliphatic rings. The summed E-state index contributed by atoms with van der Waals surface area (Å²) in [6.45, 7) is 19.6. The van der Waals surface area contributed by atoms with Crippen molar-refractivity contribution in [3.05, 3.63) is 12.2 Å². The number of allylic oxidation sites excluding steroid dienone is 2. The Labute approximate surface area is 107 Å². The standard InChI is InChI=1S/C7H16.C4H10.C4H8.CH4/c1-5-6-7(2,3)4;1-4(2)3;1-3-4-2;/h5-6H2,1-4H3;4H,1-3H3;3-4H,1-2H3;1H4/b;;4-3+;. The third-order valence-corrected chi connectivity index (χ3v) is 1.33. The van der Waals surface area contributed by atoms with Crippen LogP contribution in [0.1, 0.15) is 82.6 Å². The highest BCUT2D eigenvalue weighted by molar-refractivity contribution is 4.68. The summed E-state index contributed by atoms with van der Waals surface area (Å²) in [4.78, 5) is 0. The van der Waals surface area contributed by atoms with E-state index in [1.165, 1.54) is 12.8 Å².